The summed E-state index contributed by atoms with van der Waals surface area (Å²) < 4.78 is 26.4. The molecule has 0 heterocycles. The molecule has 106 valence electrons. The van der Waals surface area contributed by atoms with Crippen LogP contribution >= 0.6 is 0 Å². The van der Waals surface area contributed by atoms with E-state index in [2.05, 4.69) is 12.5 Å². The maximum Gasteiger partial charge on any atom is 0.244 e. The molecule has 0 unspecified atom stereocenters. The zero-order valence-corrected chi connectivity index (χ0v) is 12.7. The predicted octanol–water partition coefficient (Wildman–Crippen LogP) is 2.75. The fourth-order valence-electron chi connectivity index (χ4n) is 1.72. The van der Waals surface area contributed by atoms with Crippen molar-refractivity contribution in [2.24, 2.45) is 0 Å². The topological polar surface area (TPSA) is 37.4 Å². The second-order valence-corrected chi connectivity index (χ2v) is 6.48. The minimum Gasteiger partial charge on any atom is -0.207 e. The van der Waals surface area contributed by atoms with Gasteiger partial charge in [-0.05, 0) is 26.0 Å². The van der Waals surface area contributed by atoms with Gasteiger partial charge in [0.25, 0.3) is 0 Å². The molecular weight excluding hydrogens is 270 g/mol. The number of hydrogen-bond donors (Lipinski definition) is 0. The summed E-state index contributed by atoms with van der Waals surface area (Å²) in [5.41, 5.74) is 1.89. The number of rotatable bonds is 6. The van der Waals surface area contributed by atoms with Crippen LogP contribution in [0.15, 0.2) is 53.5 Å². The van der Waals surface area contributed by atoms with Crippen molar-refractivity contribution >= 4 is 10.0 Å². The van der Waals surface area contributed by atoms with Crippen LogP contribution in [0.4, 0.5) is 0 Å². The number of benzene rings is 1. The molecule has 3 nitrogen and oxygen atoms in total. The van der Waals surface area contributed by atoms with E-state index in [1.165, 1.54) is 4.31 Å². The van der Waals surface area contributed by atoms with Gasteiger partial charge in [0, 0.05) is 6.54 Å². The Kier molecular flexibility index (Phi) is 5.75. The van der Waals surface area contributed by atoms with E-state index < -0.39 is 10.0 Å². The van der Waals surface area contributed by atoms with Crippen LogP contribution in [0.1, 0.15) is 12.5 Å². The van der Waals surface area contributed by atoms with E-state index in [4.69, 9.17) is 6.42 Å². The zero-order chi connectivity index (χ0) is 15.2. The maximum atomic E-state index is 12.6. The van der Waals surface area contributed by atoms with E-state index >= 15 is 0 Å². The molecule has 0 aliphatic carbocycles. The largest absolute Gasteiger partial charge is 0.244 e. The quantitative estimate of drug-likeness (QED) is 0.596. The van der Waals surface area contributed by atoms with Gasteiger partial charge in [0.2, 0.25) is 10.0 Å². The van der Waals surface area contributed by atoms with Crippen molar-refractivity contribution in [3.63, 3.8) is 0 Å². The molecule has 4 heteroatoms. The Bertz CT molecular complexity index is 634. The molecule has 0 atom stereocenters. The highest BCUT2D eigenvalue weighted by Crippen LogP contribution is 2.17. The molecule has 0 aliphatic rings. The number of sulfonamides is 1. The molecule has 0 radical (unpaired) electrons. The summed E-state index contributed by atoms with van der Waals surface area (Å²) in [6.45, 7) is 7.65. The lowest BCUT2D eigenvalue weighted by Gasteiger charge is -2.20. The van der Waals surface area contributed by atoms with E-state index in [0.29, 0.717) is 0 Å². The summed E-state index contributed by atoms with van der Waals surface area (Å²) in [5.74, 6) is 2.40. The Morgan fingerprint density at radius 1 is 1.40 bits per heavy atom. The maximum absolute atomic E-state index is 12.6. The SMILES string of the molecule is C#CCN(C/C(C)=C/C=C)S(=O)(=O)c1ccc(C)cc1. The van der Waals surface area contributed by atoms with Gasteiger partial charge in [0.1, 0.15) is 0 Å². The third-order valence-corrected chi connectivity index (χ3v) is 4.56. The minimum absolute atomic E-state index is 0.0402. The molecule has 20 heavy (non-hydrogen) atoms. The highest BCUT2D eigenvalue weighted by atomic mass is 32.2. The Hall–Kier alpha value is -1.83. The molecule has 0 saturated heterocycles. The van der Waals surface area contributed by atoms with E-state index in [1.807, 2.05) is 13.8 Å². The number of terminal acetylenes is 1. The van der Waals surface area contributed by atoms with Crippen LogP contribution in [0.5, 0.6) is 0 Å². The first kappa shape index (κ1) is 16.2. The van der Waals surface area contributed by atoms with Crippen molar-refractivity contribution in [3.05, 3.63) is 54.1 Å². The summed E-state index contributed by atoms with van der Waals surface area (Å²) in [7, 11) is -3.58. The minimum atomic E-state index is -3.58. The molecule has 0 N–H and O–H groups in total. The molecule has 0 amide bonds. The van der Waals surface area contributed by atoms with Gasteiger partial charge in [0.05, 0.1) is 11.4 Å². The average Bonchev–Trinajstić information content (AvgIpc) is 2.39. The molecular formula is C16H19NO2S. The smallest absolute Gasteiger partial charge is 0.207 e. The van der Waals surface area contributed by atoms with E-state index in [0.717, 1.165) is 11.1 Å². The summed E-state index contributed by atoms with van der Waals surface area (Å²) in [6, 6.07) is 6.74. The molecule has 0 aliphatic heterocycles. The third kappa shape index (κ3) is 4.09. The first-order valence-electron chi connectivity index (χ1n) is 6.20. The summed E-state index contributed by atoms with van der Waals surface area (Å²) in [4.78, 5) is 0.254. The first-order valence-corrected chi connectivity index (χ1v) is 7.64. The van der Waals surface area contributed by atoms with Crippen molar-refractivity contribution in [1.29, 1.82) is 0 Å². The molecule has 0 aromatic heterocycles. The van der Waals surface area contributed by atoms with Crippen LogP contribution in [0.25, 0.3) is 0 Å². The van der Waals surface area contributed by atoms with Crippen molar-refractivity contribution < 1.29 is 8.42 Å². The molecule has 1 rings (SSSR count). The Balaban J connectivity index is 3.12. The molecule has 0 saturated carbocycles. The number of hydrogen-bond acceptors (Lipinski definition) is 2. The van der Waals surface area contributed by atoms with Crippen molar-refractivity contribution in [1.82, 2.24) is 4.31 Å². The van der Waals surface area contributed by atoms with Crippen LogP contribution in [-0.4, -0.2) is 25.8 Å². The van der Waals surface area contributed by atoms with Crippen LogP contribution in [0, 0.1) is 19.3 Å². The lowest BCUT2D eigenvalue weighted by atomic mass is 10.2. The van der Waals surface area contributed by atoms with Gasteiger partial charge >= 0.3 is 0 Å². The lowest BCUT2D eigenvalue weighted by Crippen LogP contribution is -2.33. The lowest BCUT2D eigenvalue weighted by molar-refractivity contribution is 0.471. The van der Waals surface area contributed by atoms with Gasteiger partial charge in [-0.2, -0.15) is 4.31 Å². The normalized spacial score (nSPS) is 12.2. The standard InChI is InChI=1S/C16H19NO2S/c1-5-7-15(4)13-17(12-6-2)20(18,19)16-10-8-14(3)9-11-16/h2,5,7-11H,1,12-13H2,3-4H3/b15-7+. The predicted molar refractivity (Wildman–Crippen MR) is 82.7 cm³/mol. The highest BCUT2D eigenvalue weighted by Gasteiger charge is 2.23. The summed E-state index contributed by atoms with van der Waals surface area (Å²) in [5, 5.41) is 0. The van der Waals surface area contributed by atoms with Crippen LogP contribution < -0.4 is 0 Å². The molecule has 1 aromatic carbocycles. The van der Waals surface area contributed by atoms with Crippen LogP contribution in [0.3, 0.4) is 0 Å². The fourth-order valence-corrected chi connectivity index (χ4v) is 3.12. The van der Waals surface area contributed by atoms with E-state index in [-0.39, 0.29) is 18.0 Å². The molecule has 0 spiro atoms. The van der Waals surface area contributed by atoms with Crippen molar-refractivity contribution in [2.75, 3.05) is 13.1 Å². The van der Waals surface area contributed by atoms with Gasteiger partial charge in [-0.3, -0.25) is 0 Å². The van der Waals surface area contributed by atoms with Gasteiger partial charge in [0.15, 0.2) is 0 Å². The molecule has 0 fully saturated rings. The van der Waals surface area contributed by atoms with Gasteiger partial charge in [-0.25, -0.2) is 8.42 Å². The fraction of sp³-hybridized carbons (Fsp3) is 0.250. The van der Waals surface area contributed by atoms with Gasteiger partial charge in [-0.1, -0.05) is 47.9 Å². The Morgan fingerprint density at radius 2 is 2.00 bits per heavy atom. The van der Waals surface area contributed by atoms with Gasteiger partial charge < -0.3 is 0 Å². The average molecular weight is 289 g/mol. The second-order valence-electron chi connectivity index (χ2n) is 4.54. The summed E-state index contributed by atoms with van der Waals surface area (Å²) >= 11 is 0. The molecule has 1 aromatic rings. The van der Waals surface area contributed by atoms with Crippen LogP contribution in [-0.2, 0) is 10.0 Å². The molecule has 0 bridgehead atoms. The number of aryl methyl sites for hydroxylation is 1. The third-order valence-electron chi connectivity index (χ3n) is 2.75. The highest BCUT2D eigenvalue weighted by molar-refractivity contribution is 7.89. The van der Waals surface area contributed by atoms with Crippen molar-refractivity contribution in [2.45, 2.75) is 18.7 Å². The number of allylic oxidation sites excluding steroid dienone is 2. The zero-order valence-electron chi connectivity index (χ0n) is 11.8. The first-order chi connectivity index (χ1) is 9.41. The number of nitrogens with zero attached hydrogens (tertiary/aromatic N) is 1. The van der Waals surface area contributed by atoms with E-state index in [9.17, 15) is 8.42 Å². The second kappa shape index (κ2) is 7.09. The Labute approximate surface area is 121 Å². The monoisotopic (exact) mass is 289 g/mol. The van der Waals surface area contributed by atoms with Gasteiger partial charge in [-0.15, -0.1) is 6.42 Å². The van der Waals surface area contributed by atoms with Crippen LogP contribution in [0.2, 0.25) is 0 Å². The Morgan fingerprint density at radius 3 is 2.50 bits per heavy atom. The van der Waals surface area contributed by atoms with E-state index in [1.54, 1.807) is 36.4 Å². The summed E-state index contributed by atoms with van der Waals surface area (Å²) in [6.07, 6.45) is 8.68. The van der Waals surface area contributed by atoms with Crippen molar-refractivity contribution in [3.8, 4) is 12.3 Å².